The molecule has 0 amide bonds. The summed E-state index contributed by atoms with van der Waals surface area (Å²) in [7, 11) is 0. The van der Waals surface area contributed by atoms with Crippen LogP contribution in [0.5, 0.6) is 11.6 Å². The number of nitrogens with zero attached hydrogens (tertiary/aromatic N) is 4. The van der Waals surface area contributed by atoms with Gasteiger partial charge in [-0.05, 0) is 23.7 Å². The first-order valence-electron chi connectivity index (χ1n) is 8.00. The van der Waals surface area contributed by atoms with Crippen molar-refractivity contribution in [1.29, 1.82) is 0 Å². The van der Waals surface area contributed by atoms with Gasteiger partial charge in [0.25, 0.3) is 5.88 Å². The number of nitrogens with one attached hydrogen (secondary N) is 1. The average Bonchev–Trinajstić information content (AvgIpc) is 2.94. The van der Waals surface area contributed by atoms with Gasteiger partial charge in [-0.1, -0.05) is 23.4 Å². The summed E-state index contributed by atoms with van der Waals surface area (Å²) in [5.41, 5.74) is 3.70. The van der Waals surface area contributed by atoms with Crippen LogP contribution in [0.2, 0.25) is 0 Å². The summed E-state index contributed by atoms with van der Waals surface area (Å²) in [5.74, 6) is 2.10. The van der Waals surface area contributed by atoms with Crippen molar-refractivity contribution >= 4 is 5.82 Å². The number of fused-ring (bicyclic) bond motifs is 2. The first-order chi connectivity index (χ1) is 12.3. The third kappa shape index (κ3) is 3.23. The Kier molecular flexibility index (Phi) is 4.16. The van der Waals surface area contributed by atoms with Crippen molar-refractivity contribution in [1.82, 2.24) is 20.3 Å². The number of hydrogen-bond acceptors (Lipinski definition) is 8. The number of rotatable bonds is 5. The molecule has 128 valence electrons. The van der Waals surface area contributed by atoms with E-state index in [4.69, 9.17) is 9.47 Å². The quantitative estimate of drug-likeness (QED) is 0.707. The molecule has 8 nitrogen and oxygen atoms in total. The summed E-state index contributed by atoms with van der Waals surface area (Å²) >= 11 is 0. The number of ether oxygens (including phenoxy) is 2. The Bertz CT molecular complexity index is 880. The summed E-state index contributed by atoms with van der Waals surface area (Å²) in [5, 5.41) is 10.7. The Balaban J connectivity index is 1.46. The number of aromatic nitrogens is 4. The van der Waals surface area contributed by atoms with Gasteiger partial charge in [0, 0.05) is 12.0 Å². The van der Waals surface area contributed by atoms with Crippen molar-refractivity contribution in [2.24, 2.45) is 0 Å². The first kappa shape index (κ1) is 15.4. The Morgan fingerprint density at radius 1 is 1.20 bits per heavy atom. The molecule has 0 aliphatic carbocycles. The molecule has 8 heteroatoms. The summed E-state index contributed by atoms with van der Waals surface area (Å²) in [6.45, 7) is 3.20. The minimum atomic E-state index is 0.408. The van der Waals surface area contributed by atoms with Crippen LogP contribution in [0.4, 0.5) is 5.82 Å². The van der Waals surface area contributed by atoms with Crippen LogP contribution < -0.4 is 14.8 Å². The van der Waals surface area contributed by atoms with Crippen LogP contribution in [0.1, 0.15) is 22.5 Å². The average molecular weight is 339 g/mol. The highest BCUT2D eigenvalue weighted by Crippen LogP contribution is 2.29. The molecule has 1 aliphatic heterocycles. The number of benzene rings is 1. The maximum atomic E-state index is 5.85. The Morgan fingerprint density at radius 3 is 3.00 bits per heavy atom. The zero-order valence-electron chi connectivity index (χ0n) is 13.7. The highest BCUT2D eigenvalue weighted by molar-refractivity contribution is 5.51. The van der Waals surface area contributed by atoms with Crippen LogP contribution in [0.15, 0.2) is 35.2 Å². The van der Waals surface area contributed by atoms with Gasteiger partial charge >= 0.3 is 0 Å². The van der Waals surface area contributed by atoms with E-state index in [-0.39, 0.29) is 0 Å². The van der Waals surface area contributed by atoms with Gasteiger partial charge < -0.3 is 14.8 Å². The Hall–Kier alpha value is -3.16. The largest absolute Gasteiger partial charge is 0.487 e. The Morgan fingerprint density at radius 2 is 2.12 bits per heavy atom. The second-order valence-corrected chi connectivity index (χ2v) is 5.65. The molecule has 1 aliphatic rings. The van der Waals surface area contributed by atoms with Gasteiger partial charge in [0.1, 0.15) is 36.8 Å². The van der Waals surface area contributed by atoms with Crippen molar-refractivity contribution in [2.45, 2.75) is 20.0 Å². The van der Waals surface area contributed by atoms with E-state index in [1.165, 1.54) is 0 Å². The van der Waals surface area contributed by atoms with Crippen molar-refractivity contribution in [3.8, 4) is 11.6 Å². The van der Waals surface area contributed by atoms with E-state index < -0.39 is 0 Å². The van der Waals surface area contributed by atoms with E-state index in [2.05, 4.69) is 36.3 Å². The van der Waals surface area contributed by atoms with Crippen molar-refractivity contribution in [3.05, 3.63) is 53.1 Å². The Labute approximate surface area is 144 Å². The van der Waals surface area contributed by atoms with Crippen molar-refractivity contribution < 1.29 is 14.1 Å². The predicted molar refractivity (Wildman–Crippen MR) is 88.6 cm³/mol. The minimum Gasteiger partial charge on any atom is -0.487 e. The molecule has 1 aromatic carbocycles. The third-order valence-electron chi connectivity index (χ3n) is 3.98. The summed E-state index contributed by atoms with van der Waals surface area (Å²) in [4.78, 5) is 8.74. The summed E-state index contributed by atoms with van der Waals surface area (Å²) in [6, 6.07) is 8.01. The van der Waals surface area contributed by atoms with Crippen LogP contribution in [-0.4, -0.2) is 33.4 Å². The van der Waals surface area contributed by atoms with Gasteiger partial charge in [-0.15, -0.1) is 0 Å². The van der Waals surface area contributed by atoms with Gasteiger partial charge in [-0.2, -0.15) is 0 Å². The fourth-order valence-electron chi connectivity index (χ4n) is 2.71. The van der Waals surface area contributed by atoms with Crippen LogP contribution in [0.25, 0.3) is 0 Å². The predicted octanol–water partition coefficient (Wildman–Crippen LogP) is 2.14. The zero-order chi connectivity index (χ0) is 17.1. The molecule has 0 fully saturated rings. The van der Waals surface area contributed by atoms with E-state index >= 15 is 0 Å². The molecular formula is C17H17N5O3. The molecule has 1 N–H and O–H groups in total. The van der Waals surface area contributed by atoms with Gasteiger partial charge in [0.15, 0.2) is 0 Å². The van der Waals surface area contributed by atoms with Gasteiger partial charge in [-0.25, -0.2) is 14.6 Å². The van der Waals surface area contributed by atoms with Crippen LogP contribution in [0, 0.1) is 6.92 Å². The normalized spacial score (nSPS) is 12.5. The standard InChI is InChI=1S/C17H17N5O3/c1-11-17(22-25-21-11)23-7-6-18-16-13-8-12-4-2-3-5-15(12)24-9-14(13)19-10-20-16/h2-5,10H,6-9H2,1H3,(H,18,19,20). The van der Waals surface area contributed by atoms with E-state index in [9.17, 15) is 0 Å². The van der Waals surface area contributed by atoms with E-state index in [1.54, 1.807) is 13.3 Å². The minimum absolute atomic E-state index is 0.408. The fourth-order valence-corrected chi connectivity index (χ4v) is 2.71. The number of hydrogen-bond donors (Lipinski definition) is 1. The van der Waals surface area contributed by atoms with Crippen molar-refractivity contribution in [3.63, 3.8) is 0 Å². The molecular weight excluding hydrogens is 322 g/mol. The third-order valence-corrected chi connectivity index (χ3v) is 3.98. The SMILES string of the molecule is Cc1nonc1OCCNc1ncnc2c1Cc1ccccc1OC2. The molecule has 0 unspecified atom stereocenters. The molecule has 25 heavy (non-hydrogen) atoms. The lowest BCUT2D eigenvalue weighted by molar-refractivity contribution is 0.261. The van der Waals surface area contributed by atoms with Crippen LogP contribution >= 0.6 is 0 Å². The highest BCUT2D eigenvalue weighted by atomic mass is 16.6. The molecule has 0 bridgehead atoms. The maximum absolute atomic E-state index is 5.85. The second kappa shape index (κ2) is 6.76. The topological polar surface area (TPSA) is 95.2 Å². The fraction of sp³-hybridized carbons (Fsp3) is 0.294. The molecule has 4 rings (SSSR count). The van der Waals surface area contributed by atoms with E-state index in [1.807, 2.05) is 18.2 Å². The first-order valence-corrected chi connectivity index (χ1v) is 8.00. The van der Waals surface area contributed by atoms with E-state index in [0.29, 0.717) is 31.3 Å². The molecule has 0 saturated carbocycles. The lowest BCUT2D eigenvalue weighted by Crippen LogP contribution is -2.15. The highest BCUT2D eigenvalue weighted by Gasteiger charge is 2.18. The monoisotopic (exact) mass is 339 g/mol. The molecule has 2 aromatic heterocycles. The van der Waals surface area contributed by atoms with Gasteiger partial charge in [0.2, 0.25) is 0 Å². The molecule has 3 heterocycles. The summed E-state index contributed by atoms with van der Waals surface area (Å²) in [6.07, 6.45) is 2.27. The maximum Gasteiger partial charge on any atom is 0.278 e. The summed E-state index contributed by atoms with van der Waals surface area (Å²) < 4.78 is 16.0. The van der Waals surface area contributed by atoms with Crippen molar-refractivity contribution in [2.75, 3.05) is 18.5 Å². The molecule has 3 aromatic rings. The smallest absolute Gasteiger partial charge is 0.278 e. The van der Waals surface area contributed by atoms with Gasteiger partial charge in [0.05, 0.1) is 12.2 Å². The zero-order valence-corrected chi connectivity index (χ0v) is 13.7. The molecule has 0 atom stereocenters. The molecule has 0 spiro atoms. The molecule has 0 saturated heterocycles. The number of aryl methyl sites for hydroxylation is 1. The lowest BCUT2D eigenvalue weighted by Gasteiger charge is -2.12. The number of anilines is 1. The van der Waals surface area contributed by atoms with Crippen LogP contribution in [-0.2, 0) is 13.0 Å². The molecule has 0 radical (unpaired) electrons. The van der Waals surface area contributed by atoms with Crippen LogP contribution in [0.3, 0.4) is 0 Å². The lowest BCUT2D eigenvalue weighted by atomic mass is 10.0. The second-order valence-electron chi connectivity index (χ2n) is 5.65. The van der Waals surface area contributed by atoms with Gasteiger partial charge in [-0.3, -0.25) is 0 Å². The van der Waals surface area contributed by atoms with E-state index in [0.717, 1.165) is 34.8 Å². The number of para-hydroxylation sites is 1.